The zero-order valence-electron chi connectivity index (χ0n) is 17.2. The van der Waals surface area contributed by atoms with Crippen molar-refractivity contribution >= 4 is 21.6 Å². The van der Waals surface area contributed by atoms with Crippen molar-refractivity contribution < 1.29 is 4.42 Å². The number of halogens is 1. The van der Waals surface area contributed by atoms with E-state index in [1.165, 1.54) is 5.69 Å². The molecule has 4 nitrogen and oxygen atoms in total. The van der Waals surface area contributed by atoms with E-state index >= 15 is 0 Å². The Balaban J connectivity index is 1.33. The number of aromatic nitrogens is 1. The molecule has 0 bridgehead atoms. The molecule has 4 aromatic rings. The molecule has 0 saturated carbocycles. The molecule has 1 saturated heterocycles. The van der Waals surface area contributed by atoms with Gasteiger partial charge in [-0.25, -0.2) is 4.98 Å². The largest absolute Gasteiger partial charge is 0.439 e. The standard InChI is InChI=1S/C26H24BrN3O/c27-22-11-13-23(14-12-22)30-17-15-29(16-18-30)19-24-28-25(20-7-3-1-4-8-20)26(31-24)21-9-5-2-6-10-21/h1-14H,15-19H2. The Morgan fingerprint density at radius 1 is 0.742 bits per heavy atom. The maximum Gasteiger partial charge on any atom is 0.209 e. The van der Waals surface area contributed by atoms with Crippen LogP contribution in [0, 0.1) is 0 Å². The van der Waals surface area contributed by atoms with Crippen LogP contribution in [0.5, 0.6) is 0 Å². The van der Waals surface area contributed by atoms with E-state index in [-0.39, 0.29) is 0 Å². The van der Waals surface area contributed by atoms with Crippen LogP contribution in [0.4, 0.5) is 5.69 Å². The van der Waals surface area contributed by atoms with Gasteiger partial charge in [0, 0.05) is 47.5 Å². The quantitative estimate of drug-likeness (QED) is 0.350. The van der Waals surface area contributed by atoms with Crippen LogP contribution in [0.3, 0.4) is 0 Å². The maximum absolute atomic E-state index is 6.31. The van der Waals surface area contributed by atoms with Crippen LogP contribution in [-0.4, -0.2) is 36.1 Å². The van der Waals surface area contributed by atoms with Crippen LogP contribution in [0.2, 0.25) is 0 Å². The maximum atomic E-state index is 6.31. The molecule has 1 aromatic heterocycles. The van der Waals surface area contributed by atoms with E-state index in [9.17, 15) is 0 Å². The van der Waals surface area contributed by atoms with Crippen molar-refractivity contribution in [1.82, 2.24) is 9.88 Å². The SMILES string of the molecule is Brc1ccc(N2CCN(Cc3nc(-c4ccccc4)c(-c4ccccc4)o3)CC2)cc1. The molecule has 0 aliphatic carbocycles. The number of benzene rings is 3. The minimum absolute atomic E-state index is 0.723. The van der Waals surface area contributed by atoms with Gasteiger partial charge >= 0.3 is 0 Å². The second kappa shape index (κ2) is 9.08. The Morgan fingerprint density at radius 2 is 1.35 bits per heavy atom. The van der Waals surface area contributed by atoms with Crippen molar-refractivity contribution in [1.29, 1.82) is 0 Å². The first-order valence-corrected chi connectivity index (χ1v) is 11.4. The third kappa shape index (κ3) is 4.58. The van der Waals surface area contributed by atoms with Crippen molar-refractivity contribution in [2.24, 2.45) is 0 Å². The predicted octanol–water partition coefficient (Wildman–Crippen LogP) is 6.09. The summed E-state index contributed by atoms with van der Waals surface area (Å²) in [6, 6.07) is 29.1. The van der Waals surface area contributed by atoms with Gasteiger partial charge in [0.15, 0.2) is 5.76 Å². The number of hydrogen-bond acceptors (Lipinski definition) is 4. The van der Waals surface area contributed by atoms with E-state index in [2.05, 4.69) is 74.3 Å². The monoisotopic (exact) mass is 473 g/mol. The van der Waals surface area contributed by atoms with Crippen LogP contribution in [0.15, 0.2) is 93.8 Å². The zero-order chi connectivity index (χ0) is 21.0. The lowest BCUT2D eigenvalue weighted by Gasteiger charge is -2.35. The number of rotatable bonds is 5. The minimum Gasteiger partial charge on any atom is -0.439 e. The highest BCUT2D eigenvalue weighted by Crippen LogP contribution is 2.33. The van der Waals surface area contributed by atoms with Crippen LogP contribution >= 0.6 is 15.9 Å². The Kier molecular flexibility index (Phi) is 5.87. The molecule has 31 heavy (non-hydrogen) atoms. The first-order valence-electron chi connectivity index (χ1n) is 10.6. The number of hydrogen-bond donors (Lipinski definition) is 0. The fourth-order valence-corrected chi connectivity index (χ4v) is 4.28. The average molecular weight is 474 g/mol. The molecule has 156 valence electrons. The third-order valence-electron chi connectivity index (χ3n) is 5.68. The Bertz CT molecular complexity index is 1060. The zero-order valence-corrected chi connectivity index (χ0v) is 18.8. The van der Waals surface area contributed by atoms with Gasteiger partial charge in [-0.05, 0) is 24.3 Å². The molecule has 3 aromatic carbocycles. The van der Waals surface area contributed by atoms with Gasteiger partial charge in [-0.15, -0.1) is 0 Å². The van der Waals surface area contributed by atoms with Gasteiger partial charge in [-0.3, -0.25) is 4.90 Å². The second-order valence-corrected chi connectivity index (χ2v) is 8.67. The van der Waals surface area contributed by atoms with Crippen LogP contribution in [0.1, 0.15) is 5.89 Å². The lowest BCUT2D eigenvalue weighted by atomic mass is 10.1. The number of nitrogens with zero attached hydrogens (tertiary/aromatic N) is 3. The molecule has 1 fully saturated rings. The van der Waals surface area contributed by atoms with Gasteiger partial charge in [-0.1, -0.05) is 76.6 Å². The van der Waals surface area contributed by atoms with Crippen molar-refractivity contribution in [3.8, 4) is 22.6 Å². The third-order valence-corrected chi connectivity index (χ3v) is 6.21. The lowest BCUT2D eigenvalue weighted by Crippen LogP contribution is -2.46. The van der Waals surface area contributed by atoms with E-state index in [4.69, 9.17) is 9.40 Å². The fourth-order valence-electron chi connectivity index (χ4n) is 4.02. The molecule has 0 amide bonds. The topological polar surface area (TPSA) is 32.5 Å². The van der Waals surface area contributed by atoms with E-state index in [1.807, 2.05) is 36.4 Å². The number of anilines is 1. The first kappa shape index (κ1) is 20.0. The molecule has 0 unspecified atom stereocenters. The van der Waals surface area contributed by atoms with E-state index in [0.717, 1.165) is 65.7 Å². The summed E-state index contributed by atoms with van der Waals surface area (Å²) in [6.45, 7) is 4.69. The van der Waals surface area contributed by atoms with Gasteiger partial charge in [0.2, 0.25) is 5.89 Å². The smallest absolute Gasteiger partial charge is 0.209 e. The predicted molar refractivity (Wildman–Crippen MR) is 129 cm³/mol. The average Bonchev–Trinajstić information content (AvgIpc) is 3.25. The van der Waals surface area contributed by atoms with Gasteiger partial charge in [-0.2, -0.15) is 0 Å². The molecular formula is C26H24BrN3O. The summed E-state index contributed by atoms with van der Waals surface area (Å²) >= 11 is 3.51. The summed E-state index contributed by atoms with van der Waals surface area (Å²) in [4.78, 5) is 9.77. The fraction of sp³-hybridized carbons (Fsp3) is 0.192. The second-order valence-electron chi connectivity index (χ2n) is 7.76. The van der Waals surface area contributed by atoms with E-state index < -0.39 is 0 Å². The van der Waals surface area contributed by atoms with Crippen molar-refractivity contribution in [2.45, 2.75) is 6.54 Å². The summed E-state index contributed by atoms with van der Waals surface area (Å²) in [6.07, 6.45) is 0. The van der Waals surface area contributed by atoms with E-state index in [0.29, 0.717) is 0 Å². The summed E-state index contributed by atoms with van der Waals surface area (Å²) in [5.74, 6) is 1.62. The first-order chi connectivity index (χ1) is 15.3. The summed E-state index contributed by atoms with van der Waals surface area (Å²) in [7, 11) is 0. The minimum atomic E-state index is 0.723. The summed E-state index contributed by atoms with van der Waals surface area (Å²) in [5.41, 5.74) is 4.32. The summed E-state index contributed by atoms with van der Waals surface area (Å²) in [5, 5.41) is 0. The van der Waals surface area contributed by atoms with Crippen LogP contribution < -0.4 is 4.90 Å². The molecule has 0 atom stereocenters. The van der Waals surface area contributed by atoms with E-state index in [1.54, 1.807) is 0 Å². The molecule has 5 rings (SSSR count). The molecule has 0 N–H and O–H groups in total. The highest BCUT2D eigenvalue weighted by atomic mass is 79.9. The molecule has 1 aliphatic heterocycles. The van der Waals surface area contributed by atoms with Crippen LogP contribution in [-0.2, 0) is 6.54 Å². The van der Waals surface area contributed by atoms with Gasteiger partial charge in [0.05, 0.1) is 6.54 Å². The normalized spacial score (nSPS) is 14.7. The molecule has 0 radical (unpaired) electrons. The molecular weight excluding hydrogens is 450 g/mol. The van der Waals surface area contributed by atoms with Crippen LogP contribution in [0.25, 0.3) is 22.6 Å². The van der Waals surface area contributed by atoms with Crippen molar-refractivity contribution in [3.05, 3.63) is 95.3 Å². The van der Waals surface area contributed by atoms with Gasteiger partial charge in [0.1, 0.15) is 5.69 Å². The Morgan fingerprint density at radius 3 is 2.00 bits per heavy atom. The summed E-state index contributed by atoms with van der Waals surface area (Å²) < 4.78 is 7.42. The van der Waals surface area contributed by atoms with Crippen molar-refractivity contribution in [2.75, 3.05) is 31.1 Å². The molecule has 2 heterocycles. The highest BCUT2D eigenvalue weighted by Gasteiger charge is 2.22. The molecule has 1 aliphatic rings. The molecule has 0 spiro atoms. The number of piperazine rings is 1. The highest BCUT2D eigenvalue weighted by molar-refractivity contribution is 9.10. The molecule has 5 heteroatoms. The van der Waals surface area contributed by atoms with Gasteiger partial charge < -0.3 is 9.32 Å². The Labute approximate surface area is 191 Å². The van der Waals surface area contributed by atoms with Crippen molar-refractivity contribution in [3.63, 3.8) is 0 Å². The van der Waals surface area contributed by atoms with Gasteiger partial charge in [0.25, 0.3) is 0 Å². The number of oxazole rings is 1. The Hall–Kier alpha value is -2.89. The lowest BCUT2D eigenvalue weighted by molar-refractivity contribution is 0.227.